The maximum atomic E-state index is 5.57. The molecular weight excluding hydrogens is 164 g/mol. The summed E-state index contributed by atoms with van der Waals surface area (Å²) in [5.74, 6) is 0.802. The van der Waals surface area contributed by atoms with Gasteiger partial charge < -0.3 is 10.5 Å². The van der Waals surface area contributed by atoms with Gasteiger partial charge in [-0.3, -0.25) is 4.98 Å². The molecule has 1 heterocycles. The number of nitrogens with two attached hydrogens (primary N) is 1. The largest absolute Gasteiger partial charge is 0.490 e. The molecule has 0 amide bonds. The number of pyridine rings is 1. The third-order valence-corrected chi connectivity index (χ3v) is 1.69. The van der Waals surface area contributed by atoms with Gasteiger partial charge in [-0.25, -0.2) is 0 Å². The minimum atomic E-state index is 0.0604. The summed E-state index contributed by atoms with van der Waals surface area (Å²) in [4.78, 5) is 4.07. The van der Waals surface area contributed by atoms with Crippen molar-refractivity contribution in [1.29, 1.82) is 0 Å². The van der Waals surface area contributed by atoms with Crippen LogP contribution in [0.5, 0.6) is 5.75 Å². The molecule has 0 fully saturated rings. The monoisotopic (exact) mass is 180 g/mol. The number of hydrogen-bond acceptors (Lipinski definition) is 3. The summed E-state index contributed by atoms with van der Waals surface area (Å²) >= 11 is 0. The predicted molar refractivity (Wildman–Crippen MR) is 52.8 cm³/mol. The lowest BCUT2D eigenvalue weighted by molar-refractivity contribution is 0.295. The summed E-state index contributed by atoms with van der Waals surface area (Å²) in [7, 11) is 0. The average Bonchev–Trinajstić information content (AvgIpc) is 2.15. The quantitative estimate of drug-likeness (QED) is 0.761. The lowest BCUT2D eigenvalue weighted by Gasteiger charge is -2.08. The molecule has 0 aliphatic heterocycles. The van der Waals surface area contributed by atoms with Crippen molar-refractivity contribution < 1.29 is 4.74 Å². The van der Waals surface area contributed by atoms with Crippen LogP contribution in [0.25, 0.3) is 0 Å². The zero-order valence-corrected chi connectivity index (χ0v) is 8.16. The molecule has 0 aliphatic rings. The fourth-order valence-corrected chi connectivity index (χ4v) is 0.964. The van der Waals surface area contributed by atoms with Crippen molar-refractivity contribution in [3.63, 3.8) is 0 Å². The first kappa shape index (κ1) is 9.99. The lowest BCUT2D eigenvalue weighted by atomic mass is 10.2. The van der Waals surface area contributed by atoms with Crippen LogP contribution in [-0.4, -0.2) is 17.6 Å². The molecule has 0 spiro atoms. The number of ether oxygens (including phenoxy) is 1. The lowest BCUT2D eigenvalue weighted by Crippen LogP contribution is -2.23. The summed E-state index contributed by atoms with van der Waals surface area (Å²) in [6.45, 7) is 4.54. The Labute approximate surface area is 78.9 Å². The number of nitrogens with zero attached hydrogens (tertiary/aromatic N) is 1. The van der Waals surface area contributed by atoms with Gasteiger partial charge in [0.2, 0.25) is 0 Å². The van der Waals surface area contributed by atoms with Crippen LogP contribution in [0.1, 0.15) is 19.4 Å². The number of aryl methyl sites for hydroxylation is 1. The van der Waals surface area contributed by atoms with E-state index < -0.39 is 0 Å². The first-order valence-corrected chi connectivity index (χ1v) is 4.54. The molecule has 72 valence electrons. The molecule has 1 aromatic heterocycles. The van der Waals surface area contributed by atoms with Crippen molar-refractivity contribution in [2.45, 2.75) is 26.3 Å². The zero-order chi connectivity index (χ0) is 9.68. The van der Waals surface area contributed by atoms with E-state index in [9.17, 15) is 0 Å². The van der Waals surface area contributed by atoms with Crippen LogP contribution in [0.2, 0.25) is 0 Å². The minimum absolute atomic E-state index is 0.0604. The van der Waals surface area contributed by atoms with Gasteiger partial charge in [0.1, 0.15) is 12.4 Å². The summed E-state index contributed by atoms with van der Waals surface area (Å²) in [6, 6.07) is 2.06. The summed E-state index contributed by atoms with van der Waals surface area (Å²) in [6.07, 6.45) is 4.53. The SMILES string of the molecule is CCc1cncc(OC[C@@H](C)N)c1. The first-order chi connectivity index (χ1) is 6.22. The van der Waals surface area contributed by atoms with Crippen LogP contribution in [0.15, 0.2) is 18.5 Å². The topological polar surface area (TPSA) is 48.1 Å². The Kier molecular flexibility index (Phi) is 3.71. The molecule has 3 heteroatoms. The van der Waals surface area contributed by atoms with Gasteiger partial charge in [0.05, 0.1) is 6.20 Å². The standard InChI is InChI=1S/C10H16N2O/c1-3-9-4-10(6-12-5-9)13-7-8(2)11/h4-6,8H,3,7,11H2,1-2H3/t8-/m1/s1. The van der Waals surface area contributed by atoms with Gasteiger partial charge in [-0.2, -0.15) is 0 Å². The number of rotatable bonds is 4. The van der Waals surface area contributed by atoms with Gasteiger partial charge >= 0.3 is 0 Å². The Bertz CT molecular complexity index is 261. The Morgan fingerprint density at radius 2 is 2.31 bits per heavy atom. The van der Waals surface area contributed by atoms with Gasteiger partial charge in [-0.05, 0) is 25.0 Å². The molecule has 13 heavy (non-hydrogen) atoms. The van der Waals surface area contributed by atoms with Crippen LogP contribution >= 0.6 is 0 Å². The van der Waals surface area contributed by atoms with E-state index in [0.717, 1.165) is 12.2 Å². The minimum Gasteiger partial charge on any atom is -0.490 e. The Morgan fingerprint density at radius 3 is 2.92 bits per heavy atom. The second-order valence-corrected chi connectivity index (χ2v) is 3.17. The molecule has 2 N–H and O–H groups in total. The predicted octanol–water partition coefficient (Wildman–Crippen LogP) is 1.37. The highest BCUT2D eigenvalue weighted by atomic mass is 16.5. The molecule has 0 aromatic carbocycles. The van der Waals surface area contributed by atoms with Crippen LogP contribution in [0.3, 0.4) is 0 Å². The van der Waals surface area contributed by atoms with E-state index in [-0.39, 0.29) is 6.04 Å². The zero-order valence-electron chi connectivity index (χ0n) is 8.16. The Hall–Kier alpha value is -1.09. The fraction of sp³-hybridized carbons (Fsp3) is 0.500. The molecule has 1 rings (SSSR count). The fourth-order valence-electron chi connectivity index (χ4n) is 0.964. The van der Waals surface area contributed by atoms with E-state index in [1.165, 1.54) is 5.56 Å². The summed E-state index contributed by atoms with van der Waals surface area (Å²) in [5.41, 5.74) is 6.75. The molecule has 0 aliphatic carbocycles. The van der Waals surface area contributed by atoms with Crippen molar-refractivity contribution >= 4 is 0 Å². The van der Waals surface area contributed by atoms with E-state index in [4.69, 9.17) is 10.5 Å². The van der Waals surface area contributed by atoms with Crippen LogP contribution in [0, 0.1) is 0 Å². The third kappa shape index (κ3) is 3.42. The molecule has 1 aromatic rings. The van der Waals surface area contributed by atoms with E-state index in [1.54, 1.807) is 6.20 Å². The van der Waals surface area contributed by atoms with Crippen molar-refractivity contribution in [3.05, 3.63) is 24.0 Å². The van der Waals surface area contributed by atoms with Crippen LogP contribution in [-0.2, 0) is 6.42 Å². The molecule has 3 nitrogen and oxygen atoms in total. The van der Waals surface area contributed by atoms with Crippen molar-refractivity contribution in [2.24, 2.45) is 5.73 Å². The Balaban J connectivity index is 2.56. The van der Waals surface area contributed by atoms with E-state index in [2.05, 4.69) is 11.9 Å². The molecule has 0 unspecified atom stereocenters. The maximum absolute atomic E-state index is 5.57. The van der Waals surface area contributed by atoms with Crippen molar-refractivity contribution in [1.82, 2.24) is 4.98 Å². The highest BCUT2D eigenvalue weighted by molar-refractivity contribution is 5.23. The normalized spacial score (nSPS) is 12.5. The second-order valence-electron chi connectivity index (χ2n) is 3.17. The van der Waals surface area contributed by atoms with Gasteiger partial charge in [-0.15, -0.1) is 0 Å². The second kappa shape index (κ2) is 4.82. The smallest absolute Gasteiger partial charge is 0.137 e. The highest BCUT2D eigenvalue weighted by Crippen LogP contribution is 2.11. The third-order valence-electron chi connectivity index (χ3n) is 1.69. The number of aromatic nitrogens is 1. The molecule has 0 saturated heterocycles. The van der Waals surface area contributed by atoms with E-state index >= 15 is 0 Å². The molecule has 0 radical (unpaired) electrons. The van der Waals surface area contributed by atoms with Gasteiger partial charge in [0.15, 0.2) is 0 Å². The van der Waals surface area contributed by atoms with Crippen molar-refractivity contribution in [3.8, 4) is 5.75 Å². The van der Waals surface area contributed by atoms with E-state index in [1.807, 2.05) is 19.2 Å². The molecular formula is C10H16N2O. The highest BCUT2D eigenvalue weighted by Gasteiger charge is 1.98. The maximum Gasteiger partial charge on any atom is 0.137 e. The van der Waals surface area contributed by atoms with E-state index in [0.29, 0.717) is 6.61 Å². The average molecular weight is 180 g/mol. The molecule has 0 bridgehead atoms. The van der Waals surface area contributed by atoms with Crippen molar-refractivity contribution in [2.75, 3.05) is 6.61 Å². The van der Waals surface area contributed by atoms with Crippen LogP contribution in [0.4, 0.5) is 0 Å². The van der Waals surface area contributed by atoms with Crippen LogP contribution < -0.4 is 10.5 Å². The number of hydrogen-bond donors (Lipinski definition) is 1. The van der Waals surface area contributed by atoms with Gasteiger partial charge in [-0.1, -0.05) is 6.92 Å². The summed E-state index contributed by atoms with van der Waals surface area (Å²) < 4.78 is 5.42. The molecule has 1 atom stereocenters. The molecule has 0 saturated carbocycles. The Morgan fingerprint density at radius 1 is 1.54 bits per heavy atom. The van der Waals surface area contributed by atoms with Gasteiger partial charge in [0, 0.05) is 12.2 Å². The van der Waals surface area contributed by atoms with Gasteiger partial charge in [0.25, 0.3) is 0 Å². The summed E-state index contributed by atoms with van der Waals surface area (Å²) in [5, 5.41) is 0. The first-order valence-electron chi connectivity index (χ1n) is 4.54.